The Morgan fingerprint density at radius 2 is 2.00 bits per heavy atom. The van der Waals surface area contributed by atoms with Crippen molar-refractivity contribution in [2.75, 3.05) is 0 Å². The number of nitrogens with zero attached hydrogens (tertiary/aromatic N) is 2. The van der Waals surface area contributed by atoms with E-state index in [1.165, 1.54) is 0 Å². The zero-order valence-electron chi connectivity index (χ0n) is 12.1. The van der Waals surface area contributed by atoms with Crippen LogP contribution in [0.3, 0.4) is 0 Å². The minimum atomic E-state index is -0.116. The van der Waals surface area contributed by atoms with E-state index in [2.05, 4.69) is 5.10 Å². The van der Waals surface area contributed by atoms with Crippen LogP contribution in [0, 0.1) is 5.92 Å². The lowest BCUT2D eigenvalue weighted by atomic mass is 9.95. The fraction of sp³-hybridized carbons (Fsp3) is 0.375. The third-order valence-corrected chi connectivity index (χ3v) is 3.94. The van der Waals surface area contributed by atoms with Gasteiger partial charge in [0, 0.05) is 24.9 Å². The molecule has 0 spiro atoms. The van der Waals surface area contributed by atoms with Gasteiger partial charge in [-0.3, -0.25) is 9.48 Å². The average molecular weight is 291 g/mol. The number of rotatable bonds is 5. The van der Waals surface area contributed by atoms with Crippen LogP contribution in [0.4, 0.5) is 0 Å². The lowest BCUT2D eigenvalue weighted by molar-refractivity contribution is 0.0928. The second kappa shape index (κ2) is 6.23. The third-order valence-electron chi connectivity index (χ3n) is 3.51. The first-order chi connectivity index (χ1) is 9.54. The highest BCUT2D eigenvalue weighted by molar-refractivity contribution is 6.31. The Kier molecular flexibility index (Phi) is 4.61. The zero-order valence-corrected chi connectivity index (χ0v) is 12.8. The summed E-state index contributed by atoms with van der Waals surface area (Å²) in [5.74, 6) is 0.0240. The van der Waals surface area contributed by atoms with Gasteiger partial charge < -0.3 is 0 Å². The number of benzene rings is 1. The summed E-state index contributed by atoms with van der Waals surface area (Å²) in [6.07, 6.45) is 1.41. The number of hydrogen-bond acceptors (Lipinski definition) is 2. The van der Waals surface area contributed by atoms with Crippen molar-refractivity contribution >= 4 is 17.4 Å². The summed E-state index contributed by atoms with van der Waals surface area (Å²) in [6, 6.07) is 9.37. The SMILES string of the molecule is CCc1nn(C)c(CC(C)C(=O)c2ccccc2)c1Cl. The molecule has 2 aromatic rings. The van der Waals surface area contributed by atoms with E-state index in [9.17, 15) is 4.79 Å². The number of aromatic nitrogens is 2. The monoisotopic (exact) mass is 290 g/mol. The maximum absolute atomic E-state index is 12.4. The molecule has 4 heteroatoms. The Morgan fingerprint density at radius 3 is 2.55 bits per heavy atom. The van der Waals surface area contributed by atoms with Crippen molar-refractivity contribution < 1.29 is 4.79 Å². The molecule has 0 radical (unpaired) electrons. The van der Waals surface area contributed by atoms with Crippen LogP contribution in [0.1, 0.15) is 35.6 Å². The number of aryl methyl sites for hydroxylation is 2. The van der Waals surface area contributed by atoms with Crippen molar-refractivity contribution in [1.82, 2.24) is 9.78 Å². The van der Waals surface area contributed by atoms with Crippen molar-refractivity contribution in [3.8, 4) is 0 Å². The molecule has 0 aliphatic carbocycles. The van der Waals surface area contributed by atoms with E-state index in [1.807, 2.05) is 51.2 Å². The Bertz CT molecular complexity index is 604. The molecule has 1 aromatic heterocycles. The fourth-order valence-corrected chi connectivity index (χ4v) is 2.68. The van der Waals surface area contributed by atoms with E-state index >= 15 is 0 Å². The minimum Gasteiger partial charge on any atom is -0.294 e. The van der Waals surface area contributed by atoms with E-state index in [-0.39, 0.29) is 11.7 Å². The van der Waals surface area contributed by atoms with Crippen molar-refractivity contribution in [2.24, 2.45) is 13.0 Å². The molecule has 2 rings (SSSR count). The fourth-order valence-electron chi connectivity index (χ4n) is 2.31. The molecule has 0 N–H and O–H groups in total. The number of halogens is 1. The topological polar surface area (TPSA) is 34.9 Å². The van der Waals surface area contributed by atoms with Crippen molar-refractivity contribution in [1.29, 1.82) is 0 Å². The molecule has 3 nitrogen and oxygen atoms in total. The molecule has 0 saturated carbocycles. The van der Waals surface area contributed by atoms with Gasteiger partial charge >= 0.3 is 0 Å². The highest BCUT2D eigenvalue weighted by Crippen LogP contribution is 2.24. The largest absolute Gasteiger partial charge is 0.294 e. The molecule has 1 unspecified atom stereocenters. The zero-order chi connectivity index (χ0) is 14.7. The molecule has 0 amide bonds. The molecule has 20 heavy (non-hydrogen) atoms. The van der Waals surface area contributed by atoms with Gasteiger partial charge in [0.15, 0.2) is 5.78 Å². The summed E-state index contributed by atoms with van der Waals surface area (Å²) in [6.45, 7) is 3.96. The Labute approximate surface area is 124 Å². The molecule has 106 valence electrons. The van der Waals surface area contributed by atoms with Gasteiger partial charge in [-0.1, -0.05) is 55.8 Å². The first-order valence-corrected chi connectivity index (χ1v) is 7.21. The Hall–Kier alpha value is -1.61. The number of ketones is 1. The number of Topliss-reactive ketones (excluding diaryl/α,β-unsaturated/α-hetero) is 1. The van der Waals surface area contributed by atoms with Crippen LogP contribution in [-0.4, -0.2) is 15.6 Å². The summed E-state index contributed by atoms with van der Waals surface area (Å²) >= 11 is 6.33. The molecular formula is C16H19ClN2O. The van der Waals surface area contributed by atoms with Gasteiger partial charge in [0.1, 0.15) is 0 Å². The lowest BCUT2D eigenvalue weighted by Crippen LogP contribution is -2.16. The maximum atomic E-state index is 12.4. The standard InChI is InChI=1S/C16H19ClN2O/c1-4-13-15(17)14(19(3)18-13)10-11(2)16(20)12-8-6-5-7-9-12/h5-9,11H,4,10H2,1-3H3. The molecule has 0 fully saturated rings. The summed E-state index contributed by atoms with van der Waals surface area (Å²) in [5, 5.41) is 5.08. The summed E-state index contributed by atoms with van der Waals surface area (Å²) in [7, 11) is 1.88. The van der Waals surface area contributed by atoms with Gasteiger partial charge in [0.05, 0.1) is 16.4 Å². The van der Waals surface area contributed by atoms with Gasteiger partial charge in [0.25, 0.3) is 0 Å². The van der Waals surface area contributed by atoms with Gasteiger partial charge in [0.2, 0.25) is 0 Å². The quantitative estimate of drug-likeness (QED) is 0.787. The molecule has 1 atom stereocenters. The smallest absolute Gasteiger partial charge is 0.166 e. The predicted octanol–water partition coefficient (Wildman–Crippen LogP) is 3.70. The number of carbonyl (C=O) groups is 1. The van der Waals surface area contributed by atoms with Crippen LogP contribution in [0.2, 0.25) is 5.02 Å². The van der Waals surface area contributed by atoms with Gasteiger partial charge in [-0.2, -0.15) is 5.10 Å². The van der Waals surface area contributed by atoms with E-state index < -0.39 is 0 Å². The van der Waals surface area contributed by atoms with Gasteiger partial charge in [-0.25, -0.2) is 0 Å². The van der Waals surface area contributed by atoms with E-state index in [1.54, 1.807) is 4.68 Å². The maximum Gasteiger partial charge on any atom is 0.166 e. The van der Waals surface area contributed by atoms with Crippen molar-refractivity contribution in [3.05, 3.63) is 52.3 Å². The average Bonchev–Trinajstić information content (AvgIpc) is 2.74. The van der Waals surface area contributed by atoms with Crippen LogP contribution in [-0.2, 0) is 19.9 Å². The summed E-state index contributed by atoms with van der Waals surface area (Å²) < 4.78 is 1.79. The second-order valence-electron chi connectivity index (χ2n) is 5.02. The van der Waals surface area contributed by atoms with Crippen LogP contribution in [0.25, 0.3) is 0 Å². The van der Waals surface area contributed by atoms with Gasteiger partial charge in [-0.05, 0) is 6.42 Å². The Balaban J connectivity index is 2.18. The first kappa shape index (κ1) is 14.8. The Morgan fingerprint density at radius 1 is 1.35 bits per heavy atom. The van der Waals surface area contributed by atoms with E-state index in [0.29, 0.717) is 11.4 Å². The highest BCUT2D eigenvalue weighted by Gasteiger charge is 2.20. The lowest BCUT2D eigenvalue weighted by Gasteiger charge is -2.11. The second-order valence-corrected chi connectivity index (χ2v) is 5.40. The number of carbonyl (C=O) groups excluding carboxylic acids is 1. The molecule has 0 aliphatic heterocycles. The van der Waals surface area contributed by atoms with E-state index in [0.717, 1.165) is 23.4 Å². The van der Waals surface area contributed by atoms with Crippen LogP contribution >= 0.6 is 11.6 Å². The first-order valence-electron chi connectivity index (χ1n) is 6.84. The molecule has 0 aliphatic rings. The van der Waals surface area contributed by atoms with Crippen molar-refractivity contribution in [3.63, 3.8) is 0 Å². The molecule has 0 saturated heterocycles. The predicted molar refractivity (Wildman–Crippen MR) is 81.2 cm³/mol. The summed E-state index contributed by atoms with van der Waals surface area (Å²) in [4.78, 5) is 12.4. The van der Waals surface area contributed by atoms with Gasteiger partial charge in [-0.15, -0.1) is 0 Å². The normalized spacial score (nSPS) is 12.4. The third kappa shape index (κ3) is 2.93. The number of hydrogen-bond donors (Lipinski definition) is 0. The van der Waals surface area contributed by atoms with Crippen LogP contribution in [0.15, 0.2) is 30.3 Å². The van der Waals surface area contributed by atoms with E-state index in [4.69, 9.17) is 11.6 Å². The molecule has 0 bridgehead atoms. The molecule has 1 aromatic carbocycles. The van der Waals surface area contributed by atoms with Crippen molar-refractivity contribution in [2.45, 2.75) is 26.7 Å². The summed E-state index contributed by atoms with van der Waals surface area (Å²) in [5.41, 5.74) is 2.57. The molecular weight excluding hydrogens is 272 g/mol. The minimum absolute atomic E-state index is 0.116. The molecule has 1 heterocycles. The highest BCUT2D eigenvalue weighted by atomic mass is 35.5. The van der Waals surface area contributed by atoms with Crippen LogP contribution in [0.5, 0.6) is 0 Å². The van der Waals surface area contributed by atoms with Crippen LogP contribution < -0.4 is 0 Å².